The smallest absolute Gasteiger partial charge is 0.254 e. The Morgan fingerprint density at radius 1 is 1.13 bits per heavy atom. The summed E-state index contributed by atoms with van der Waals surface area (Å²) in [5.74, 6) is 0.105. The number of hydrogen-bond donors (Lipinski definition) is 2. The predicted molar refractivity (Wildman–Crippen MR) is 89.4 cm³/mol. The Bertz CT molecular complexity index is 703. The maximum atomic E-state index is 12.7. The fourth-order valence-electron chi connectivity index (χ4n) is 3.97. The summed E-state index contributed by atoms with van der Waals surface area (Å²) in [6, 6.07) is 8.14. The van der Waals surface area contributed by atoms with Crippen LogP contribution < -0.4 is 0 Å². The number of carbonyl (C=O) groups is 1. The fraction of sp³-hybridized carbons (Fsp3) is 0.500. The van der Waals surface area contributed by atoms with E-state index in [2.05, 4.69) is 9.88 Å². The zero-order valence-electron chi connectivity index (χ0n) is 13.2. The number of aromatic nitrogens is 1. The van der Waals surface area contributed by atoms with Crippen LogP contribution in [-0.2, 0) is 0 Å². The lowest BCUT2D eigenvalue weighted by atomic mass is 10.1. The molecule has 2 aliphatic rings. The lowest BCUT2D eigenvalue weighted by Gasteiger charge is -2.39. The van der Waals surface area contributed by atoms with Gasteiger partial charge in [-0.1, -0.05) is 6.07 Å². The molecular formula is C18H23N3O2. The van der Waals surface area contributed by atoms with E-state index in [1.165, 1.54) is 0 Å². The Morgan fingerprint density at radius 3 is 2.70 bits per heavy atom. The quantitative estimate of drug-likeness (QED) is 0.889. The summed E-state index contributed by atoms with van der Waals surface area (Å²) < 4.78 is 0. The van der Waals surface area contributed by atoms with Crippen molar-refractivity contribution in [1.82, 2.24) is 14.8 Å². The second-order valence-corrected chi connectivity index (χ2v) is 6.67. The summed E-state index contributed by atoms with van der Waals surface area (Å²) in [5.41, 5.74) is 1.75. The van der Waals surface area contributed by atoms with Gasteiger partial charge in [-0.3, -0.25) is 9.69 Å². The van der Waals surface area contributed by atoms with Crippen molar-refractivity contribution in [2.45, 2.75) is 31.4 Å². The minimum Gasteiger partial charge on any atom is -0.391 e. The van der Waals surface area contributed by atoms with Crippen molar-refractivity contribution in [3.8, 4) is 0 Å². The summed E-state index contributed by atoms with van der Waals surface area (Å²) in [6.07, 6.45) is 4.82. The van der Waals surface area contributed by atoms with Gasteiger partial charge in [0.15, 0.2) is 0 Å². The second kappa shape index (κ2) is 5.98. The van der Waals surface area contributed by atoms with E-state index in [9.17, 15) is 9.90 Å². The molecule has 1 saturated heterocycles. The Hall–Kier alpha value is -1.85. The standard InChI is InChI=1S/C18H23N3O2/c22-17-3-1-2-16(17)20-8-10-21(11-9-20)18(23)14-5-4-13-6-7-19-15(13)12-14/h4-7,12,16-17,19,22H,1-3,8-11H2/t16-,17-/m0/s1. The first kappa shape index (κ1) is 14.7. The molecule has 23 heavy (non-hydrogen) atoms. The lowest BCUT2D eigenvalue weighted by Crippen LogP contribution is -2.53. The number of H-pyrrole nitrogens is 1. The Balaban J connectivity index is 1.42. The summed E-state index contributed by atoms with van der Waals surface area (Å²) in [6.45, 7) is 3.20. The van der Waals surface area contributed by atoms with E-state index in [1.54, 1.807) is 0 Å². The molecule has 1 amide bonds. The van der Waals surface area contributed by atoms with E-state index in [-0.39, 0.29) is 12.0 Å². The van der Waals surface area contributed by atoms with Gasteiger partial charge in [0.25, 0.3) is 5.91 Å². The van der Waals surface area contributed by atoms with E-state index in [4.69, 9.17) is 0 Å². The average molecular weight is 313 g/mol. The highest BCUT2D eigenvalue weighted by Gasteiger charge is 2.33. The maximum absolute atomic E-state index is 12.7. The molecule has 1 aliphatic heterocycles. The number of aliphatic hydroxyl groups is 1. The molecular weight excluding hydrogens is 290 g/mol. The van der Waals surface area contributed by atoms with Crippen LogP contribution in [0.3, 0.4) is 0 Å². The van der Waals surface area contributed by atoms with Gasteiger partial charge in [0.1, 0.15) is 0 Å². The largest absolute Gasteiger partial charge is 0.391 e. The molecule has 2 N–H and O–H groups in total. The Kier molecular flexibility index (Phi) is 3.83. The van der Waals surface area contributed by atoms with Crippen LogP contribution in [0.5, 0.6) is 0 Å². The monoisotopic (exact) mass is 313 g/mol. The normalized spacial score (nSPS) is 26.0. The molecule has 1 saturated carbocycles. The molecule has 0 spiro atoms. The van der Waals surface area contributed by atoms with Crippen LogP contribution in [0.4, 0.5) is 0 Å². The predicted octanol–water partition coefficient (Wildman–Crippen LogP) is 1.84. The molecule has 1 aromatic heterocycles. The van der Waals surface area contributed by atoms with E-state index < -0.39 is 0 Å². The van der Waals surface area contributed by atoms with Crippen molar-refractivity contribution < 1.29 is 9.90 Å². The van der Waals surface area contributed by atoms with Crippen molar-refractivity contribution in [1.29, 1.82) is 0 Å². The molecule has 0 radical (unpaired) electrons. The van der Waals surface area contributed by atoms with Crippen LogP contribution >= 0.6 is 0 Å². The van der Waals surface area contributed by atoms with Crippen molar-refractivity contribution in [3.05, 3.63) is 36.0 Å². The van der Waals surface area contributed by atoms with Gasteiger partial charge in [0, 0.05) is 49.5 Å². The highest BCUT2D eigenvalue weighted by Crippen LogP contribution is 2.25. The third-order valence-corrected chi connectivity index (χ3v) is 5.32. The highest BCUT2D eigenvalue weighted by atomic mass is 16.3. The fourth-order valence-corrected chi connectivity index (χ4v) is 3.97. The SMILES string of the molecule is O=C(c1ccc2cc[nH]c2c1)N1CCN([C@H]2CCC[C@@H]2O)CC1. The molecule has 5 heteroatoms. The average Bonchev–Trinajstić information content (AvgIpc) is 3.22. The van der Waals surface area contributed by atoms with Gasteiger partial charge in [-0.2, -0.15) is 0 Å². The van der Waals surface area contributed by atoms with Gasteiger partial charge >= 0.3 is 0 Å². The third-order valence-electron chi connectivity index (χ3n) is 5.32. The second-order valence-electron chi connectivity index (χ2n) is 6.67. The zero-order chi connectivity index (χ0) is 15.8. The number of rotatable bonds is 2. The number of fused-ring (bicyclic) bond motifs is 1. The van der Waals surface area contributed by atoms with E-state index in [1.807, 2.05) is 35.4 Å². The Labute approximate surface area is 135 Å². The third kappa shape index (κ3) is 2.75. The first-order chi connectivity index (χ1) is 11.2. The van der Waals surface area contributed by atoms with E-state index in [0.717, 1.165) is 61.9 Å². The van der Waals surface area contributed by atoms with Crippen LogP contribution in [0, 0.1) is 0 Å². The molecule has 1 aliphatic carbocycles. The van der Waals surface area contributed by atoms with Crippen molar-refractivity contribution in [3.63, 3.8) is 0 Å². The summed E-state index contributed by atoms with van der Waals surface area (Å²) in [4.78, 5) is 20.2. The summed E-state index contributed by atoms with van der Waals surface area (Å²) >= 11 is 0. The minimum absolute atomic E-state index is 0.105. The topological polar surface area (TPSA) is 59.6 Å². The van der Waals surface area contributed by atoms with Crippen LogP contribution in [0.2, 0.25) is 0 Å². The number of aliphatic hydroxyl groups excluding tert-OH is 1. The molecule has 4 rings (SSSR count). The summed E-state index contributed by atoms with van der Waals surface area (Å²) in [7, 11) is 0. The van der Waals surface area contributed by atoms with Crippen LogP contribution in [0.25, 0.3) is 10.9 Å². The molecule has 2 heterocycles. The molecule has 2 fully saturated rings. The number of carbonyl (C=O) groups excluding carboxylic acids is 1. The lowest BCUT2D eigenvalue weighted by molar-refractivity contribution is 0.0315. The molecule has 5 nitrogen and oxygen atoms in total. The molecule has 2 aromatic rings. The van der Waals surface area contributed by atoms with Gasteiger partial charge in [-0.05, 0) is 42.8 Å². The summed E-state index contributed by atoms with van der Waals surface area (Å²) in [5, 5.41) is 11.2. The molecule has 122 valence electrons. The molecule has 1 aromatic carbocycles. The Morgan fingerprint density at radius 2 is 1.96 bits per heavy atom. The van der Waals surface area contributed by atoms with Gasteiger partial charge in [-0.15, -0.1) is 0 Å². The maximum Gasteiger partial charge on any atom is 0.254 e. The first-order valence-corrected chi connectivity index (χ1v) is 8.51. The molecule has 0 unspecified atom stereocenters. The number of aromatic amines is 1. The van der Waals surface area contributed by atoms with Gasteiger partial charge in [0.2, 0.25) is 0 Å². The number of benzene rings is 1. The van der Waals surface area contributed by atoms with Gasteiger partial charge in [-0.25, -0.2) is 0 Å². The number of amides is 1. The highest BCUT2D eigenvalue weighted by molar-refractivity contribution is 5.98. The number of nitrogens with zero attached hydrogens (tertiary/aromatic N) is 2. The van der Waals surface area contributed by atoms with Crippen molar-refractivity contribution in [2.75, 3.05) is 26.2 Å². The number of piperazine rings is 1. The first-order valence-electron chi connectivity index (χ1n) is 8.51. The zero-order valence-corrected chi connectivity index (χ0v) is 13.2. The van der Waals surface area contributed by atoms with Crippen molar-refractivity contribution in [2.24, 2.45) is 0 Å². The van der Waals surface area contributed by atoms with Gasteiger partial charge < -0.3 is 15.0 Å². The molecule has 2 atom stereocenters. The number of nitrogens with one attached hydrogen (secondary N) is 1. The van der Waals surface area contributed by atoms with E-state index >= 15 is 0 Å². The molecule has 0 bridgehead atoms. The van der Waals surface area contributed by atoms with Crippen LogP contribution in [0.1, 0.15) is 29.6 Å². The number of hydrogen-bond acceptors (Lipinski definition) is 3. The van der Waals surface area contributed by atoms with Crippen LogP contribution in [0.15, 0.2) is 30.5 Å². The van der Waals surface area contributed by atoms with E-state index in [0.29, 0.717) is 6.04 Å². The van der Waals surface area contributed by atoms with Crippen molar-refractivity contribution >= 4 is 16.8 Å². The van der Waals surface area contributed by atoms with Gasteiger partial charge in [0.05, 0.1) is 6.10 Å². The van der Waals surface area contributed by atoms with Crippen LogP contribution in [-0.4, -0.2) is 64.1 Å². The minimum atomic E-state index is -0.187.